The number of rotatable bonds is 4. The van der Waals surface area contributed by atoms with E-state index in [1.807, 2.05) is 52.0 Å². The van der Waals surface area contributed by atoms with Crippen molar-refractivity contribution in [3.63, 3.8) is 0 Å². The lowest BCUT2D eigenvalue weighted by molar-refractivity contribution is 1.47. The molecular weight excluding hydrogens is 218 g/mol. The van der Waals surface area contributed by atoms with Crippen LogP contribution in [0.15, 0.2) is 48.5 Å². The molecule has 1 aromatic carbocycles. The lowest BCUT2D eigenvalue weighted by Crippen LogP contribution is -1.85. The van der Waals surface area contributed by atoms with Crippen molar-refractivity contribution >= 4 is 23.6 Å². The van der Waals surface area contributed by atoms with Crippen molar-refractivity contribution < 1.29 is 0 Å². The fourth-order valence-electron chi connectivity index (χ4n) is 1.51. The van der Waals surface area contributed by atoms with Crippen LogP contribution < -0.4 is 0 Å². The monoisotopic (exact) mass is 241 g/mol. The van der Waals surface area contributed by atoms with Gasteiger partial charge in [0.15, 0.2) is 0 Å². The summed E-state index contributed by atoms with van der Waals surface area (Å²) in [6, 6.07) is 5.99. The van der Waals surface area contributed by atoms with Gasteiger partial charge in [-0.25, -0.2) is 0 Å². The molecule has 0 bridgehead atoms. The van der Waals surface area contributed by atoms with E-state index in [2.05, 4.69) is 30.9 Å². The summed E-state index contributed by atoms with van der Waals surface area (Å²) >= 11 is 0. The Balaban J connectivity index is 0.00000137. The van der Waals surface area contributed by atoms with Gasteiger partial charge >= 0.3 is 0 Å². The lowest BCUT2D eigenvalue weighted by Gasteiger charge is -2.08. The maximum atomic E-state index is 4.01. The number of allylic oxidation sites excluding steroid dienone is 4. The van der Waals surface area contributed by atoms with Crippen molar-refractivity contribution in [3.05, 3.63) is 54.6 Å². The van der Waals surface area contributed by atoms with Crippen molar-refractivity contribution in [1.82, 2.24) is 0 Å². The van der Waals surface area contributed by atoms with E-state index in [9.17, 15) is 0 Å². The number of nitrogens with zero attached hydrogens (tertiary/aromatic N) is 1. The topological polar surface area (TPSA) is 12.4 Å². The third-order valence-corrected chi connectivity index (χ3v) is 2.37. The molecule has 1 heteroatoms. The summed E-state index contributed by atoms with van der Waals surface area (Å²) in [6.45, 7) is 19.5. The predicted octanol–water partition coefficient (Wildman–Crippen LogP) is 5.67. The van der Waals surface area contributed by atoms with Crippen LogP contribution in [0, 0.1) is 0 Å². The first kappa shape index (κ1) is 16.1. The smallest absolute Gasteiger partial charge is 0.0697 e. The molecule has 18 heavy (non-hydrogen) atoms. The molecule has 0 unspecified atom stereocenters. The maximum absolute atomic E-state index is 4.01. The van der Waals surface area contributed by atoms with Gasteiger partial charge in [-0.05, 0) is 49.4 Å². The standard InChI is InChI=1S/C15H17N.C2H6/c1-6-7-12(4)13-8-9-15(16-5)14(10-13)11(2)3;1-2/h6-10H,2,4-5H2,1,3H3;1-2H3/b7-6-;. The maximum Gasteiger partial charge on any atom is 0.0697 e. The van der Waals surface area contributed by atoms with Gasteiger partial charge in [-0.2, -0.15) is 0 Å². The van der Waals surface area contributed by atoms with E-state index in [1.54, 1.807) is 0 Å². The summed E-state index contributed by atoms with van der Waals surface area (Å²) in [4.78, 5) is 3.98. The normalized spacial score (nSPS) is 9.56. The van der Waals surface area contributed by atoms with Crippen molar-refractivity contribution in [2.75, 3.05) is 0 Å². The molecule has 0 aliphatic carbocycles. The Kier molecular flexibility index (Phi) is 7.37. The molecule has 0 atom stereocenters. The minimum absolute atomic E-state index is 0.865. The van der Waals surface area contributed by atoms with E-state index < -0.39 is 0 Å². The van der Waals surface area contributed by atoms with Crippen molar-refractivity contribution in [3.8, 4) is 0 Å². The first-order valence-corrected chi connectivity index (χ1v) is 6.18. The second-order valence-corrected chi connectivity index (χ2v) is 3.70. The molecule has 1 aromatic rings. The van der Waals surface area contributed by atoms with E-state index in [0.717, 1.165) is 28.0 Å². The van der Waals surface area contributed by atoms with E-state index in [0.29, 0.717) is 0 Å². The number of benzene rings is 1. The van der Waals surface area contributed by atoms with Crippen LogP contribution in [-0.2, 0) is 0 Å². The van der Waals surface area contributed by atoms with Crippen LogP contribution in [-0.4, -0.2) is 6.72 Å². The fourth-order valence-corrected chi connectivity index (χ4v) is 1.51. The van der Waals surface area contributed by atoms with Gasteiger partial charge in [0, 0.05) is 5.56 Å². The second-order valence-electron chi connectivity index (χ2n) is 3.70. The highest BCUT2D eigenvalue weighted by molar-refractivity contribution is 5.80. The summed E-state index contributed by atoms with van der Waals surface area (Å²) in [7, 11) is 0. The van der Waals surface area contributed by atoms with Crippen LogP contribution in [0.4, 0.5) is 5.69 Å². The van der Waals surface area contributed by atoms with Crippen molar-refractivity contribution in [2.45, 2.75) is 27.7 Å². The second kappa shape index (κ2) is 8.24. The van der Waals surface area contributed by atoms with Crippen LogP contribution in [0.5, 0.6) is 0 Å². The van der Waals surface area contributed by atoms with Gasteiger partial charge in [-0.1, -0.05) is 45.2 Å². The van der Waals surface area contributed by atoms with E-state index in [4.69, 9.17) is 0 Å². The number of hydrogen-bond donors (Lipinski definition) is 0. The third-order valence-electron chi connectivity index (χ3n) is 2.37. The molecular formula is C17H23N. The summed E-state index contributed by atoms with van der Waals surface area (Å²) in [5.74, 6) is 0. The van der Waals surface area contributed by atoms with Gasteiger partial charge in [0.25, 0.3) is 0 Å². The summed E-state index contributed by atoms with van der Waals surface area (Å²) in [5, 5.41) is 0. The Labute approximate surface area is 111 Å². The number of aliphatic imine (C=N–C) groups is 1. The molecule has 0 aliphatic heterocycles. The molecule has 0 N–H and O–H groups in total. The van der Waals surface area contributed by atoms with Crippen LogP contribution in [0.2, 0.25) is 0 Å². The van der Waals surface area contributed by atoms with Crippen LogP contribution in [0.3, 0.4) is 0 Å². The molecule has 0 fully saturated rings. The van der Waals surface area contributed by atoms with Gasteiger partial charge in [0.05, 0.1) is 5.69 Å². The third kappa shape index (κ3) is 4.17. The first-order chi connectivity index (χ1) is 8.60. The SMILES string of the molecule is C=Nc1ccc(C(=C)/C=C\C)cc1C(=C)C.CC. The Bertz CT molecular complexity index is 464. The largest absolute Gasteiger partial charge is 0.264 e. The summed E-state index contributed by atoms with van der Waals surface area (Å²) in [5.41, 5.74) is 4.95. The van der Waals surface area contributed by atoms with Gasteiger partial charge in [0.1, 0.15) is 0 Å². The Morgan fingerprint density at radius 2 is 1.83 bits per heavy atom. The summed E-state index contributed by atoms with van der Waals surface area (Å²) < 4.78 is 0. The molecule has 0 amide bonds. The van der Waals surface area contributed by atoms with Gasteiger partial charge in [-0.3, -0.25) is 4.99 Å². The molecule has 0 radical (unpaired) electrons. The van der Waals surface area contributed by atoms with Crippen LogP contribution in [0.25, 0.3) is 11.1 Å². The Morgan fingerprint density at radius 1 is 1.22 bits per heavy atom. The highest BCUT2D eigenvalue weighted by atomic mass is 14.7. The molecule has 0 spiro atoms. The van der Waals surface area contributed by atoms with E-state index >= 15 is 0 Å². The Hall–Kier alpha value is -1.89. The highest BCUT2D eigenvalue weighted by Gasteiger charge is 2.04. The average Bonchev–Trinajstić information content (AvgIpc) is 2.40. The zero-order chi connectivity index (χ0) is 14.1. The molecule has 96 valence electrons. The van der Waals surface area contributed by atoms with Gasteiger partial charge < -0.3 is 0 Å². The van der Waals surface area contributed by atoms with Gasteiger partial charge in [0.2, 0.25) is 0 Å². The molecule has 0 aromatic heterocycles. The minimum Gasteiger partial charge on any atom is -0.264 e. The Morgan fingerprint density at radius 3 is 2.28 bits per heavy atom. The first-order valence-electron chi connectivity index (χ1n) is 6.18. The van der Waals surface area contributed by atoms with E-state index in [-0.39, 0.29) is 0 Å². The zero-order valence-corrected chi connectivity index (χ0v) is 12.0. The van der Waals surface area contributed by atoms with E-state index in [1.165, 1.54) is 0 Å². The summed E-state index contributed by atoms with van der Waals surface area (Å²) in [6.07, 6.45) is 3.96. The minimum atomic E-state index is 0.865. The average molecular weight is 241 g/mol. The highest BCUT2D eigenvalue weighted by Crippen LogP contribution is 2.28. The predicted molar refractivity (Wildman–Crippen MR) is 85.6 cm³/mol. The van der Waals surface area contributed by atoms with Crippen molar-refractivity contribution in [1.29, 1.82) is 0 Å². The molecule has 1 nitrogen and oxygen atoms in total. The quantitative estimate of drug-likeness (QED) is 0.476. The van der Waals surface area contributed by atoms with Gasteiger partial charge in [-0.15, -0.1) is 0 Å². The van der Waals surface area contributed by atoms with Crippen LogP contribution in [0.1, 0.15) is 38.8 Å². The van der Waals surface area contributed by atoms with Crippen molar-refractivity contribution in [2.24, 2.45) is 4.99 Å². The molecule has 0 saturated carbocycles. The molecule has 0 heterocycles. The van der Waals surface area contributed by atoms with Crippen LogP contribution >= 0.6 is 0 Å². The molecule has 1 rings (SSSR count). The fraction of sp³-hybridized carbons (Fsp3) is 0.235. The lowest BCUT2D eigenvalue weighted by atomic mass is 9.99. The molecule has 0 saturated heterocycles. The zero-order valence-electron chi connectivity index (χ0n) is 12.0. The number of hydrogen-bond acceptors (Lipinski definition) is 1. The molecule has 0 aliphatic rings.